The highest BCUT2D eigenvalue weighted by Gasteiger charge is 2.27. The zero-order valence-corrected chi connectivity index (χ0v) is 13.3. The summed E-state index contributed by atoms with van der Waals surface area (Å²) >= 11 is 0. The zero-order chi connectivity index (χ0) is 16.2. The van der Waals surface area contributed by atoms with E-state index < -0.39 is 12.3 Å². The van der Waals surface area contributed by atoms with Gasteiger partial charge in [-0.3, -0.25) is 0 Å². The van der Waals surface area contributed by atoms with Crippen molar-refractivity contribution in [2.45, 2.75) is 38.0 Å². The van der Waals surface area contributed by atoms with Crippen LogP contribution in [0.4, 0.5) is 8.78 Å². The van der Waals surface area contributed by atoms with Crippen molar-refractivity contribution in [3.63, 3.8) is 0 Å². The molecule has 0 aliphatic heterocycles. The van der Waals surface area contributed by atoms with Crippen LogP contribution in [0.3, 0.4) is 0 Å². The number of benzene rings is 2. The van der Waals surface area contributed by atoms with Crippen LogP contribution in [0.1, 0.15) is 37.2 Å². The average molecular weight is 316 g/mol. The summed E-state index contributed by atoms with van der Waals surface area (Å²) in [4.78, 5) is 0. The Morgan fingerprint density at radius 3 is 1.83 bits per heavy atom. The molecule has 0 heterocycles. The predicted molar refractivity (Wildman–Crippen MR) is 89.1 cm³/mol. The van der Waals surface area contributed by atoms with E-state index in [-0.39, 0.29) is 0 Å². The van der Waals surface area contributed by atoms with E-state index >= 15 is 0 Å². The number of halogens is 2. The maximum atomic E-state index is 12.7. The van der Waals surface area contributed by atoms with E-state index in [4.69, 9.17) is 4.74 Å². The molecule has 1 nitrogen and oxygen atoms in total. The molecule has 0 unspecified atom stereocenters. The summed E-state index contributed by atoms with van der Waals surface area (Å²) in [6.45, 7) is 0. The van der Waals surface area contributed by atoms with Crippen molar-refractivity contribution in [2.24, 2.45) is 5.92 Å². The Morgan fingerprint density at radius 2 is 1.35 bits per heavy atom. The number of rotatable bonds is 4. The van der Waals surface area contributed by atoms with Gasteiger partial charge in [-0.05, 0) is 60.4 Å². The van der Waals surface area contributed by atoms with Crippen molar-refractivity contribution < 1.29 is 13.5 Å². The van der Waals surface area contributed by atoms with Crippen molar-refractivity contribution in [1.82, 2.24) is 0 Å². The highest BCUT2D eigenvalue weighted by atomic mass is 19.3. The average Bonchev–Trinajstić information content (AvgIpc) is 2.62. The smallest absolute Gasteiger partial charge is 0.241 e. The van der Waals surface area contributed by atoms with Crippen molar-refractivity contribution in [3.05, 3.63) is 54.1 Å². The van der Waals surface area contributed by atoms with Gasteiger partial charge in [-0.2, -0.15) is 0 Å². The lowest BCUT2D eigenvalue weighted by molar-refractivity contribution is 0.0528. The Hall–Kier alpha value is -1.90. The van der Waals surface area contributed by atoms with Gasteiger partial charge in [0, 0.05) is 5.92 Å². The Balaban J connectivity index is 1.67. The molecular weight excluding hydrogens is 294 g/mol. The highest BCUT2D eigenvalue weighted by Crippen LogP contribution is 2.38. The molecule has 1 fully saturated rings. The number of methoxy groups -OCH3 is 1. The minimum atomic E-state index is -2.16. The molecule has 0 N–H and O–H groups in total. The van der Waals surface area contributed by atoms with E-state index in [0.29, 0.717) is 18.8 Å². The maximum Gasteiger partial charge on any atom is 0.241 e. The number of hydrogen-bond acceptors (Lipinski definition) is 1. The highest BCUT2D eigenvalue weighted by molar-refractivity contribution is 5.64. The molecule has 0 spiro atoms. The second-order valence-corrected chi connectivity index (χ2v) is 6.30. The van der Waals surface area contributed by atoms with Gasteiger partial charge >= 0.3 is 0 Å². The zero-order valence-electron chi connectivity index (χ0n) is 13.3. The van der Waals surface area contributed by atoms with Gasteiger partial charge in [-0.1, -0.05) is 36.4 Å². The molecule has 0 radical (unpaired) electrons. The van der Waals surface area contributed by atoms with E-state index in [0.717, 1.165) is 29.7 Å². The minimum Gasteiger partial charge on any atom is -0.497 e. The van der Waals surface area contributed by atoms with Crippen molar-refractivity contribution in [1.29, 1.82) is 0 Å². The molecule has 2 aromatic rings. The molecular formula is C20H22F2O. The Labute approximate surface area is 136 Å². The summed E-state index contributed by atoms with van der Waals surface area (Å²) in [7, 11) is 1.66. The fraction of sp³-hybridized carbons (Fsp3) is 0.400. The van der Waals surface area contributed by atoms with Crippen LogP contribution in [0.25, 0.3) is 11.1 Å². The van der Waals surface area contributed by atoms with Crippen LogP contribution in [0.15, 0.2) is 48.5 Å². The monoisotopic (exact) mass is 316 g/mol. The summed E-state index contributed by atoms with van der Waals surface area (Å²) in [5.41, 5.74) is 3.59. The second-order valence-electron chi connectivity index (χ2n) is 6.30. The Kier molecular flexibility index (Phi) is 4.94. The van der Waals surface area contributed by atoms with E-state index in [9.17, 15) is 8.78 Å². The fourth-order valence-electron chi connectivity index (χ4n) is 3.44. The van der Waals surface area contributed by atoms with Crippen LogP contribution in [0.5, 0.6) is 5.75 Å². The normalized spacial score (nSPS) is 21.4. The third-order valence-electron chi connectivity index (χ3n) is 4.93. The second kappa shape index (κ2) is 7.12. The third-order valence-corrected chi connectivity index (χ3v) is 4.93. The van der Waals surface area contributed by atoms with Crippen LogP contribution < -0.4 is 4.74 Å². The number of alkyl halides is 2. The predicted octanol–water partition coefficient (Wildman–Crippen LogP) is 5.90. The maximum absolute atomic E-state index is 12.7. The number of hydrogen-bond donors (Lipinski definition) is 0. The molecule has 1 aliphatic carbocycles. The van der Waals surface area contributed by atoms with Gasteiger partial charge in [0.15, 0.2) is 0 Å². The Morgan fingerprint density at radius 1 is 0.826 bits per heavy atom. The lowest BCUT2D eigenvalue weighted by Crippen LogP contribution is -2.19. The summed E-state index contributed by atoms with van der Waals surface area (Å²) in [6.07, 6.45) is 0.868. The summed E-state index contributed by atoms with van der Waals surface area (Å²) in [5, 5.41) is 0. The lowest BCUT2D eigenvalue weighted by Gasteiger charge is -2.28. The quantitative estimate of drug-likeness (QED) is 0.682. The minimum absolute atomic E-state index is 0.398. The summed E-state index contributed by atoms with van der Waals surface area (Å²) in [5.74, 6) is 0.876. The summed E-state index contributed by atoms with van der Waals surface area (Å²) in [6, 6.07) is 16.5. The molecule has 1 saturated carbocycles. The summed E-state index contributed by atoms with van der Waals surface area (Å²) < 4.78 is 30.6. The SMILES string of the molecule is COc1ccc(-c2ccc([C@H]3CC[C@H](C(F)F)CC3)cc2)cc1. The molecule has 0 saturated heterocycles. The molecule has 23 heavy (non-hydrogen) atoms. The third kappa shape index (κ3) is 3.72. The van der Waals surface area contributed by atoms with Crippen LogP contribution in [-0.2, 0) is 0 Å². The van der Waals surface area contributed by atoms with Crippen molar-refractivity contribution >= 4 is 0 Å². The van der Waals surface area contributed by atoms with Gasteiger partial charge in [0.2, 0.25) is 6.43 Å². The van der Waals surface area contributed by atoms with Gasteiger partial charge in [-0.25, -0.2) is 8.78 Å². The topological polar surface area (TPSA) is 9.23 Å². The first kappa shape index (κ1) is 16.0. The number of ether oxygens (including phenoxy) is 1. The first-order valence-corrected chi connectivity index (χ1v) is 8.20. The van der Waals surface area contributed by atoms with E-state index in [1.165, 1.54) is 5.56 Å². The van der Waals surface area contributed by atoms with Crippen LogP contribution in [-0.4, -0.2) is 13.5 Å². The van der Waals surface area contributed by atoms with Gasteiger partial charge in [0.05, 0.1) is 7.11 Å². The largest absolute Gasteiger partial charge is 0.497 e. The first-order chi connectivity index (χ1) is 11.2. The van der Waals surface area contributed by atoms with E-state index in [2.05, 4.69) is 24.3 Å². The molecule has 0 aromatic heterocycles. The van der Waals surface area contributed by atoms with E-state index in [1.54, 1.807) is 7.11 Å². The molecule has 3 heteroatoms. The van der Waals surface area contributed by atoms with Crippen molar-refractivity contribution in [3.8, 4) is 16.9 Å². The lowest BCUT2D eigenvalue weighted by atomic mass is 9.78. The Bertz CT molecular complexity index is 611. The first-order valence-electron chi connectivity index (χ1n) is 8.20. The molecule has 0 bridgehead atoms. The van der Waals surface area contributed by atoms with Crippen LogP contribution in [0, 0.1) is 5.92 Å². The molecule has 1 aliphatic rings. The van der Waals surface area contributed by atoms with E-state index in [1.807, 2.05) is 24.3 Å². The molecule has 0 amide bonds. The van der Waals surface area contributed by atoms with Crippen molar-refractivity contribution in [2.75, 3.05) is 7.11 Å². The molecule has 0 atom stereocenters. The van der Waals surface area contributed by atoms with Gasteiger partial charge < -0.3 is 4.74 Å². The molecule has 122 valence electrons. The molecule has 2 aromatic carbocycles. The van der Waals surface area contributed by atoms with Crippen LogP contribution in [0.2, 0.25) is 0 Å². The molecule has 3 rings (SSSR count). The standard InChI is InChI=1S/C20H22F2O/c1-23-19-12-10-17(11-13-19)15-4-2-14(3-5-15)16-6-8-18(9-7-16)20(21)22/h2-5,10-13,16,18,20H,6-9H2,1H3/t16-,18-. The van der Waals surface area contributed by atoms with Gasteiger partial charge in [0.1, 0.15) is 5.75 Å². The van der Waals surface area contributed by atoms with Gasteiger partial charge in [0.25, 0.3) is 0 Å². The van der Waals surface area contributed by atoms with Gasteiger partial charge in [-0.15, -0.1) is 0 Å². The fourth-order valence-corrected chi connectivity index (χ4v) is 3.44. The van der Waals surface area contributed by atoms with Crippen LogP contribution >= 0.6 is 0 Å².